The molecular weight excluding hydrogens is 389 g/mol. The van der Waals surface area contributed by atoms with Gasteiger partial charge >= 0.3 is 6.18 Å². The Balaban J connectivity index is 1.37. The molecule has 0 spiro atoms. The molecule has 29 heavy (non-hydrogen) atoms. The number of nitrogens with one attached hydrogen (secondary N) is 1. The predicted molar refractivity (Wildman–Crippen MR) is 99.4 cm³/mol. The van der Waals surface area contributed by atoms with E-state index in [-0.39, 0.29) is 12.5 Å². The monoisotopic (exact) mass is 412 g/mol. The number of rotatable bonds is 6. The number of hydrogen-bond donors (Lipinski definition) is 1. The Morgan fingerprint density at radius 3 is 2.62 bits per heavy atom. The van der Waals surface area contributed by atoms with Crippen molar-refractivity contribution < 1.29 is 22.4 Å². The molecule has 0 aliphatic carbocycles. The Bertz CT molecular complexity index is 772. The van der Waals surface area contributed by atoms with Crippen LogP contribution in [0.4, 0.5) is 13.2 Å². The number of alkyl halides is 3. The van der Waals surface area contributed by atoms with E-state index in [0.29, 0.717) is 6.54 Å². The van der Waals surface area contributed by atoms with Gasteiger partial charge in [-0.1, -0.05) is 5.16 Å². The molecule has 8 nitrogen and oxygen atoms in total. The summed E-state index contributed by atoms with van der Waals surface area (Å²) in [6.07, 6.45) is -2.07. The average Bonchev–Trinajstić information content (AvgIpc) is 3.22. The fourth-order valence-electron chi connectivity index (χ4n) is 2.95. The molecule has 2 aromatic rings. The van der Waals surface area contributed by atoms with Crippen molar-refractivity contribution in [2.45, 2.75) is 12.7 Å². The Morgan fingerprint density at radius 1 is 1.24 bits per heavy atom. The van der Waals surface area contributed by atoms with Gasteiger partial charge in [0.1, 0.15) is 12.9 Å². The van der Waals surface area contributed by atoms with Crippen molar-refractivity contribution in [2.24, 2.45) is 4.99 Å². The van der Waals surface area contributed by atoms with Gasteiger partial charge in [0.15, 0.2) is 5.96 Å². The minimum atomic E-state index is -4.40. The van der Waals surface area contributed by atoms with Gasteiger partial charge in [-0.2, -0.15) is 13.2 Å². The quantitative estimate of drug-likeness (QED) is 0.441. The zero-order chi connectivity index (χ0) is 20.7. The van der Waals surface area contributed by atoms with E-state index in [4.69, 9.17) is 9.26 Å². The van der Waals surface area contributed by atoms with Crippen molar-refractivity contribution in [3.8, 4) is 5.88 Å². The van der Waals surface area contributed by atoms with Crippen LogP contribution in [0.15, 0.2) is 40.2 Å². The molecule has 2 aromatic heterocycles. The summed E-state index contributed by atoms with van der Waals surface area (Å²) in [6.45, 7) is 4.85. The van der Waals surface area contributed by atoms with Crippen molar-refractivity contribution in [2.75, 3.05) is 46.4 Å². The number of halogens is 3. The summed E-state index contributed by atoms with van der Waals surface area (Å²) in [4.78, 5) is 12.4. The standard InChI is InChI=1S/C18H23F3N6O2/c1-22-17(27-8-6-26(7-9-27)13-15-4-10-29-25-15)23-5-11-28-16-3-2-14(12-24-16)18(19,20)21/h2-4,10,12H,5-9,11,13H2,1H3,(H,22,23). The Hall–Kier alpha value is -2.82. The molecule has 11 heteroatoms. The summed E-state index contributed by atoms with van der Waals surface area (Å²) >= 11 is 0. The highest BCUT2D eigenvalue weighted by Gasteiger charge is 2.30. The normalized spacial score (nSPS) is 16.1. The Labute approximate surface area is 166 Å². The third-order valence-corrected chi connectivity index (χ3v) is 4.46. The van der Waals surface area contributed by atoms with Crippen molar-refractivity contribution in [1.29, 1.82) is 0 Å². The first-order valence-corrected chi connectivity index (χ1v) is 9.19. The van der Waals surface area contributed by atoms with Crippen LogP contribution in [0.1, 0.15) is 11.3 Å². The molecule has 1 N–H and O–H groups in total. The van der Waals surface area contributed by atoms with E-state index < -0.39 is 11.7 Å². The maximum Gasteiger partial charge on any atom is 0.417 e. The van der Waals surface area contributed by atoms with Gasteiger partial charge in [0.05, 0.1) is 17.8 Å². The average molecular weight is 412 g/mol. The minimum absolute atomic E-state index is 0.149. The number of hydrogen-bond acceptors (Lipinski definition) is 6. The number of aromatic nitrogens is 2. The van der Waals surface area contributed by atoms with E-state index in [2.05, 4.69) is 30.2 Å². The van der Waals surface area contributed by atoms with Crippen LogP contribution in [0.3, 0.4) is 0 Å². The van der Waals surface area contributed by atoms with E-state index in [0.717, 1.165) is 56.6 Å². The molecule has 3 rings (SSSR count). The molecule has 0 saturated carbocycles. The lowest BCUT2D eigenvalue weighted by atomic mass is 10.3. The fraction of sp³-hybridized carbons (Fsp3) is 0.500. The molecule has 158 valence electrons. The smallest absolute Gasteiger partial charge is 0.417 e. The van der Waals surface area contributed by atoms with Crippen LogP contribution < -0.4 is 10.1 Å². The van der Waals surface area contributed by atoms with Crippen LogP contribution in [-0.4, -0.2) is 72.3 Å². The summed E-state index contributed by atoms with van der Waals surface area (Å²) in [5.74, 6) is 0.909. The van der Waals surface area contributed by atoms with Gasteiger partial charge in [0.2, 0.25) is 5.88 Å². The van der Waals surface area contributed by atoms with Crippen LogP contribution in [0.25, 0.3) is 0 Å². The first-order valence-electron chi connectivity index (χ1n) is 9.19. The molecule has 1 aliphatic heterocycles. The van der Waals surface area contributed by atoms with Crippen LogP contribution >= 0.6 is 0 Å². The third-order valence-electron chi connectivity index (χ3n) is 4.46. The summed E-state index contributed by atoms with van der Waals surface area (Å²) in [6, 6.07) is 4.03. The highest BCUT2D eigenvalue weighted by molar-refractivity contribution is 5.80. The maximum atomic E-state index is 12.5. The number of ether oxygens (including phenoxy) is 1. The second kappa shape index (κ2) is 9.59. The van der Waals surface area contributed by atoms with E-state index in [1.54, 1.807) is 13.3 Å². The van der Waals surface area contributed by atoms with E-state index in [1.165, 1.54) is 6.07 Å². The molecule has 0 radical (unpaired) electrons. The number of guanidine groups is 1. The van der Waals surface area contributed by atoms with Gasteiger partial charge in [-0.25, -0.2) is 4.98 Å². The van der Waals surface area contributed by atoms with Gasteiger partial charge in [0.25, 0.3) is 0 Å². The molecule has 3 heterocycles. The lowest BCUT2D eigenvalue weighted by molar-refractivity contribution is -0.137. The van der Waals surface area contributed by atoms with Crippen LogP contribution in [0.5, 0.6) is 5.88 Å². The van der Waals surface area contributed by atoms with Gasteiger partial charge in [-0.15, -0.1) is 0 Å². The zero-order valence-corrected chi connectivity index (χ0v) is 16.0. The Kier molecular flexibility index (Phi) is 6.91. The fourth-order valence-corrected chi connectivity index (χ4v) is 2.95. The second-order valence-electron chi connectivity index (χ2n) is 6.46. The zero-order valence-electron chi connectivity index (χ0n) is 16.0. The second-order valence-corrected chi connectivity index (χ2v) is 6.46. The van der Waals surface area contributed by atoms with Crippen LogP contribution in [-0.2, 0) is 12.7 Å². The van der Waals surface area contributed by atoms with Crippen molar-refractivity contribution in [3.05, 3.63) is 41.9 Å². The molecular formula is C18H23F3N6O2. The summed E-state index contributed by atoms with van der Waals surface area (Å²) in [5.41, 5.74) is 0.112. The summed E-state index contributed by atoms with van der Waals surface area (Å²) in [5, 5.41) is 7.13. The first-order chi connectivity index (χ1) is 14.0. The number of piperazine rings is 1. The van der Waals surface area contributed by atoms with Crippen molar-refractivity contribution in [3.63, 3.8) is 0 Å². The van der Waals surface area contributed by atoms with E-state index in [1.807, 2.05) is 6.07 Å². The molecule has 1 saturated heterocycles. The van der Waals surface area contributed by atoms with Gasteiger partial charge < -0.3 is 19.5 Å². The number of aliphatic imine (C=N–C) groups is 1. The van der Waals surface area contributed by atoms with Gasteiger partial charge in [-0.3, -0.25) is 9.89 Å². The number of nitrogens with zero attached hydrogens (tertiary/aromatic N) is 5. The first kappa shape index (κ1) is 20.9. The molecule has 0 atom stereocenters. The summed E-state index contributed by atoms with van der Waals surface area (Å²) < 4.78 is 47.8. The molecule has 0 amide bonds. The van der Waals surface area contributed by atoms with Crippen LogP contribution in [0.2, 0.25) is 0 Å². The predicted octanol–water partition coefficient (Wildman–Crippen LogP) is 1.86. The highest BCUT2D eigenvalue weighted by Crippen LogP contribution is 2.29. The topological polar surface area (TPSA) is 79.0 Å². The SMILES string of the molecule is CN=C(NCCOc1ccc(C(F)(F)F)cn1)N1CCN(Cc2ccon2)CC1. The van der Waals surface area contributed by atoms with Gasteiger partial charge in [-0.05, 0) is 6.07 Å². The van der Waals surface area contributed by atoms with Crippen molar-refractivity contribution >= 4 is 5.96 Å². The lowest BCUT2D eigenvalue weighted by Crippen LogP contribution is -2.52. The number of pyridine rings is 1. The van der Waals surface area contributed by atoms with E-state index >= 15 is 0 Å². The third kappa shape index (κ3) is 6.08. The molecule has 1 aliphatic rings. The lowest BCUT2D eigenvalue weighted by Gasteiger charge is -2.36. The molecule has 0 bridgehead atoms. The molecule has 0 aromatic carbocycles. The largest absolute Gasteiger partial charge is 0.476 e. The highest BCUT2D eigenvalue weighted by atomic mass is 19.4. The maximum absolute atomic E-state index is 12.5. The Morgan fingerprint density at radius 2 is 2.03 bits per heavy atom. The summed E-state index contributed by atoms with van der Waals surface area (Å²) in [7, 11) is 1.71. The van der Waals surface area contributed by atoms with Crippen molar-refractivity contribution in [1.82, 2.24) is 25.3 Å². The molecule has 1 fully saturated rings. The minimum Gasteiger partial charge on any atom is -0.476 e. The van der Waals surface area contributed by atoms with Gasteiger partial charge in [0, 0.05) is 58.1 Å². The van der Waals surface area contributed by atoms with Crippen LogP contribution in [0, 0.1) is 0 Å². The molecule has 0 unspecified atom stereocenters. The van der Waals surface area contributed by atoms with E-state index in [9.17, 15) is 13.2 Å².